The van der Waals surface area contributed by atoms with E-state index in [1.165, 1.54) is 50.1 Å². The quantitative estimate of drug-likeness (QED) is 0.167. The molecule has 0 fully saturated rings. The predicted octanol–water partition coefficient (Wildman–Crippen LogP) is 16.1. The molecule has 0 N–H and O–H groups in total. The Morgan fingerprint density at radius 3 is 1.32 bits per heavy atom. The second-order valence-electron chi connectivity index (χ2n) is 17.8. The molecule has 0 amide bonds. The molecule has 4 heteroatoms. The van der Waals surface area contributed by atoms with Crippen LogP contribution in [0.15, 0.2) is 241 Å². The SMILES string of the molecule is c1ccc(-c2nc(-c3ccc(-c4cccc5oc6ccccc6c45)cc3)nc(-c3cccc(-c4cccc(-c5ccc6c(c5)C5(c7ccccc7-c7ccccc75)c5ccccc5-6)c4)c3)n2)cc1. The molecule has 1 spiro atoms. The zero-order valence-corrected chi connectivity index (χ0v) is 36.8. The summed E-state index contributed by atoms with van der Waals surface area (Å²) in [6.07, 6.45) is 0. The van der Waals surface area contributed by atoms with Crippen molar-refractivity contribution in [2.24, 2.45) is 0 Å². The number of nitrogens with zero attached hydrogens (tertiary/aromatic N) is 3. The van der Waals surface area contributed by atoms with Gasteiger partial charge in [0.25, 0.3) is 0 Å². The number of aromatic nitrogens is 3. The van der Waals surface area contributed by atoms with Gasteiger partial charge in [0.15, 0.2) is 17.5 Å². The summed E-state index contributed by atoms with van der Waals surface area (Å²) in [6, 6.07) is 84.6. The highest BCUT2D eigenvalue weighted by Crippen LogP contribution is 2.63. The fraction of sp³-hybridized carbons (Fsp3) is 0.0156. The van der Waals surface area contributed by atoms with Crippen LogP contribution in [0.2, 0.25) is 0 Å². The number of fused-ring (bicyclic) bond motifs is 13. The van der Waals surface area contributed by atoms with E-state index in [9.17, 15) is 0 Å². The van der Waals surface area contributed by atoms with Crippen molar-refractivity contribution in [2.45, 2.75) is 5.41 Å². The average Bonchev–Trinajstić information content (AvgIpc) is 4.05. The van der Waals surface area contributed by atoms with Crippen LogP contribution in [0.4, 0.5) is 0 Å². The Morgan fingerprint density at radius 1 is 0.265 bits per heavy atom. The van der Waals surface area contributed by atoms with Crippen molar-refractivity contribution in [1.29, 1.82) is 0 Å². The third-order valence-corrected chi connectivity index (χ3v) is 14.2. The molecule has 14 rings (SSSR count). The average molecular weight is 866 g/mol. The molecule has 2 aliphatic carbocycles. The molecule has 316 valence electrons. The Kier molecular flexibility index (Phi) is 8.46. The number of benzene rings is 10. The molecule has 0 atom stereocenters. The Hall–Kier alpha value is -8.99. The van der Waals surface area contributed by atoms with Crippen molar-refractivity contribution in [1.82, 2.24) is 15.0 Å². The highest BCUT2D eigenvalue weighted by molar-refractivity contribution is 6.12. The molecule has 68 heavy (non-hydrogen) atoms. The fourth-order valence-electron chi connectivity index (χ4n) is 11.2. The smallest absolute Gasteiger partial charge is 0.164 e. The van der Waals surface area contributed by atoms with Crippen molar-refractivity contribution in [2.75, 3.05) is 0 Å². The Bertz CT molecular complexity index is 3920. The predicted molar refractivity (Wildman–Crippen MR) is 276 cm³/mol. The lowest BCUT2D eigenvalue weighted by atomic mass is 9.70. The Balaban J connectivity index is 0.844. The number of furan rings is 1. The summed E-state index contributed by atoms with van der Waals surface area (Å²) in [6.45, 7) is 0. The Morgan fingerprint density at radius 2 is 0.676 bits per heavy atom. The molecule has 0 saturated heterocycles. The highest BCUT2D eigenvalue weighted by Gasteiger charge is 2.51. The van der Waals surface area contributed by atoms with Crippen LogP contribution >= 0.6 is 0 Å². The van der Waals surface area contributed by atoms with Gasteiger partial charge in [-0.1, -0.05) is 206 Å². The molecule has 4 nitrogen and oxygen atoms in total. The maximum Gasteiger partial charge on any atom is 0.164 e. The van der Waals surface area contributed by atoms with E-state index in [0.29, 0.717) is 17.5 Å². The lowest BCUT2D eigenvalue weighted by Gasteiger charge is -2.30. The second-order valence-corrected chi connectivity index (χ2v) is 17.8. The van der Waals surface area contributed by atoms with Gasteiger partial charge in [0.05, 0.1) is 5.41 Å². The van der Waals surface area contributed by atoms with E-state index in [2.05, 4.69) is 188 Å². The van der Waals surface area contributed by atoms with Gasteiger partial charge in [-0.2, -0.15) is 0 Å². The summed E-state index contributed by atoms with van der Waals surface area (Å²) >= 11 is 0. The molecule has 0 unspecified atom stereocenters. The first-order valence-electron chi connectivity index (χ1n) is 23.2. The Labute approximate surface area is 393 Å². The van der Waals surface area contributed by atoms with Crippen molar-refractivity contribution in [3.05, 3.63) is 259 Å². The summed E-state index contributed by atoms with van der Waals surface area (Å²) in [5, 5.41) is 2.22. The number of hydrogen-bond donors (Lipinski definition) is 0. The minimum atomic E-state index is -0.393. The maximum absolute atomic E-state index is 6.21. The topological polar surface area (TPSA) is 51.8 Å². The summed E-state index contributed by atoms with van der Waals surface area (Å²) in [5.41, 5.74) is 21.5. The van der Waals surface area contributed by atoms with Crippen LogP contribution < -0.4 is 0 Å². The lowest BCUT2D eigenvalue weighted by Crippen LogP contribution is -2.25. The molecule has 12 aromatic rings. The van der Waals surface area contributed by atoms with Gasteiger partial charge in [-0.25, -0.2) is 15.0 Å². The zero-order valence-electron chi connectivity index (χ0n) is 36.8. The standard InChI is InChI=1S/C64H39N3O/c1-2-15-41(16-3-1)61-65-62(42-33-31-40(32-34-42)48-25-14-30-59-60(48)53-24-7-11-29-58(53)68-59)67-63(66-61)47-20-13-19-45(38-47)43-17-12-18-44(37-43)46-35-36-52-51-23-6-10-28-56(51)64(57(52)39-46)54-26-8-4-21-49(54)50-22-5-9-27-55(50)64/h1-39H. The maximum atomic E-state index is 6.21. The van der Waals surface area contributed by atoms with Crippen LogP contribution in [0.5, 0.6) is 0 Å². The van der Waals surface area contributed by atoms with E-state index >= 15 is 0 Å². The molecular formula is C64H39N3O. The lowest BCUT2D eigenvalue weighted by molar-refractivity contribution is 0.669. The van der Waals surface area contributed by atoms with E-state index in [1.807, 2.05) is 48.5 Å². The third-order valence-electron chi connectivity index (χ3n) is 14.2. The van der Waals surface area contributed by atoms with Gasteiger partial charge in [-0.15, -0.1) is 0 Å². The molecule has 0 aliphatic heterocycles. The molecule has 0 radical (unpaired) electrons. The van der Waals surface area contributed by atoms with Gasteiger partial charge in [0.1, 0.15) is 11.2 Å². The first-order chi connectivity index (χ1) is 33.7. The molecule has 2 aromatic heterocycles. The molecule has 2 heterocycles. The largest absolute Gasteiger partial charge is 0.456 e. The molecule has 0 saturated carbocycles. The van der Waals surface area contributed by atoms with Crippen LogP contribution in [0.3, 0.4) is 0 Å². The summed E-state index contributed by atoms with van der Waals surface area (Å²) in [5.74, 6) is 1.86. The van der Waals surface area contributed by atoms with Crippen LogP contribution in [0, 0.1) is 0 Å². The summed E-state index contributed by atoms with van der Waals surface area (Å²) in [4.78, 5) is 15.3. The first-order valence-corrected chi connectivity index (χ1v) is 23.2. The normalized spacial score (nSPS) is 12.8. The van der Waals surface area contributed by atoms with Gasteiger partial charge in [0.2, 0.25) is 0 Å². The van der Waals surface area contributed by atoms with E-state index < -0.39 is 5.41 Å². The zero-order chi connectivity index (χ0) is 44.8. The molecular weight excluding hydrogens is 827 g/mol. The van der Waals surface area contributed by atoms with Gasteiger partial charge in [-0.3, -0.25) is 0 Å². The number of rotatable bonds is 6. The van der Waals surface area contributed by atoms with Crippen molar-refractivity contribution >= 4 is 21.9 Å². The van der Waals surface area contributed by atoms with E-state index in [1.54, 1.807) is 0 Å². The molecule has 2 aliphatic rings. The fourth-order valence-corrected chi connectivity index (χ4v) is 11.2. The van der Waals surface area contributed by atoms with Crippen LogP contribution in [0.1, 0.15) is 22.3 Å². The van der Waals surface area contributed by atoms with Crippen molar-refractivity contribution in [3.63, 3.8) is 0 Å². The number of para-hydroxylation sites is 1. The first kappa shape index (κ1) is 38.3. The van der Waals surface area contributed by atoms with Gasteiger partial charge in [0, 0.05) is 27.5 Å². The van der Waals surface area contributed by atoms with Gasteiger partial charge in [-0.05, 0) is 108 Å². The minimum absolute atomic E-state index is 0.393. The van der Waals surface area contributed by atoms with E-state index in [4.69, 9.17) is 19.4 Å². The molecule has 10 aromatic carbocycles. The summed E-state index contributed by atoms with van der Waals surface area (Å²) in [7, 11) is 0. The monoisotopic (exact) mass is 865 g/mol. The van der Waals surface area contributed by atoms with E-state index in [0.717, 1.165) is 66.4 Å². The van der Waals surface area contributed by atoms with Crippen molar-refractivity contribution < 1.29 is 4.42 Å². The third kappa shape index (κ3) is 5.77. The minimum Gasteiger partial charge on any atom is -0.456 e. The van der Waals surface area contributed by atoms with Crippen molar-refractivity contribution in [3.8, 4) is 89.8 Å². The van der Waals surface area contributed by atoms with E-state index in [-0.39, 0.29) is 0 Å². The second kappa shape index (κ2) is 15.0. The summed E-state index contributed by atoms with van der Waals surface area (Å²) < 4.78 is 6.21. The highest BCUT2D eigenvalue weighted by atomic mass is 16.3. The van der Waals surface area contributed by atoms with Crippen LogP contribution in [0.25, 0.3) is 112 Å². The van der Waals surface area contributed by atoms with Gasteiger partial charge < -0.3 is 4.42 Å². The van der Waals surface area contributed by atoms with Crippen LogP contribution in [-0.2, 0) is 5.41 Å². The van der Waals surface area contributed by atoms with Crippen LogP contribution in [-0.4, -0.2) is 15.0 Å². The number of hydrogen-bond acceptors (Lipinski definition) is 4. The molecule has 0 bridgehead atoms. The van der Waals surface area contributed by atoms with Gasteiger partial charge >= 0.3 is 0 Å².